The molecule has 1 aliphatic rings. The lowest BCUT2D eigenvalue weighted by molar-refractivity contribution is 0.334. The van der Waals surface area contributed by atoms with Crippen molar-refractivity contribution in [3.05, 3.63) is 51.9 Å². The third kappa shape index (κ3) is 2.11. The predicted octanol–water partition coefficient (Wildman–Crippen LogP) is 1.55. The summed E-state index contributed by atoms with van der Waals surface area (Å²) in [6, 6.07) is 8.75. The molecular formula is C15H15NO4. The minimum absolute atomic E-state index is 0.0755. The van der Waals surface area contributed by atoms with E-state index in [0.717, 1.165) is 17.0 Å². The van der Waals surface area contributed by atoms with Crippen LogP contribution in [0.15, 0.2) is 35.1 Å². The van der Waals surface area contributed by atoms with Gasteiger partial charge in [-0.3, -0.25) is 4.79 Å². The second-order valence-corrected chi connectivity index (χ2v) is 4.68. The molecule has 20 heavy (non-hydrogen) atoms. The van der Waals surface area contributed by atoms with E-state index in [9.17, 15) is 9.90 Å². The molecule has 0 spiro atoms. The first kappa shape index (κ1) is 12.6. The summed E-state index contributed by atoms with van der Waals surface area (Å²) < 4.78 is 12.1. The van der Waals surface area contributed by atoms with Crippen molar-refractivity contribution in [3.63, 3.8) is 0 Å². The summed E-state index contributed by atoms with van der Waals surface area (Å²) in [6.45, 7) is 0.948. The first-order valence-corrected chi connectivity index (χ1v) is 6.40. The average molecular weight is 273 g/mol. The van der Waals surface area contributed by atoms with Gasteiger partial charge in [0.15, 0.2) is 11.5 Å². The molecule has 0 atom stereocenters. The van der Waals surface area contributed by atoms with E-state index in [0.29, 0.717) is 25.3 Å². The van der Waals surface area contributed by atoms with Crippen molar-refractivity contribution >= 4 is 0 Å². The Morgan fingerprint density at radius 2 is 2.10 bits per heavy atom. The van der Waals surface area contributed by atoms with Gasteiger partial charge in [-0.15, -0.1) is 0 Å². The SMILES string of the molecule is COc1ccc(Cn2c3c(c(O)cc2=O)OCC3)cc1. The number of methoxy groups -OCH3 is 1. The zero-order valence-corrected chi connectivity index (χ0v) is 11.1. The first-order chi connectivity index (χ1) is 9.69. The van der Waals surface area contributed by atoms with E-state index in [1.807, 2.05) is 24.3 Å². The molecule has 0 aliphatic carbocycles. The van der Waals surface area contributed by atoms with Crippen molar-refractivity contribution in [1.82, 2.24) is 4.57 Å². The highest BCUT2D eigenvalue weighted by Crippen LogP contribution is 2.33. The van der Waals surface area contributed by atoms with Gasteiger partial charge in [0.1, 0.15) is 5.75 Å². The van der Waals surface area contributed by atoms with Crippen LogP contribution in [0, 0.1) is 0 Å². The second kappa shape index (κ2) is 4.92. The Morgan fingerprint density at radius 3 is 2.80 bits per heavy atom. The van der Waals surface area contributed by atoms with Crippen molar-refractivity contribution in [2.75, 3.05) is 13.7 Å². The number of rotatable bonds is 3. The third-order valence-electron chi connectivity index (χ3n) is 3.43. The molecule has 0 saturated heterocycles. The Labute approximate surface area is 116 Å². The molecule has 5 nitrogen and oxygen atoms in total. The molecule has 0 unspecified atom stereocenters. The normalized spacial score (nSPS) is 12.8. The van der Waals surface area contributed by atoms with Gasteiger partial charge < -0.3 is 19.1 Å². The summed E-state index contributed by atoms with van der Waals surface area (Å²) in [7, 11) is 1.61. The second-order valence-electron chi connectivity index (χ2n) is 4.68. The summed E-state index contributed by atoms with van der Waals surface area (Å²) in [5.41, 5.74) is 1.53. The van der Waals surface area contributed by atoms with Crippen LogP contribution in [0.5, 0.6) is 17.2 Å². The van der Waals surface area contributed by atoms with Crippen LogP contribution in [0.2, 0.25) is 0 Å². The summed E-state index contributed by atoms with van der Waals surface area (Å²) in [6.07, 6.45) is 0.634. The highest BCUT2D eigenvalue weighted by atomic mass is 16.5. The molecule has 5 heteroatoms. The van der Waals surface area contributed by atoms with Gasteiger partial charge in [-0.2, -0.15) is 0 Å². The van der Waals surface area contributed by atoms with Gasteiger partial charge in [0.2, 0.25) is 0 Å². The minimum Gasteiger partial charge on any atom is -0.504 e. The number of pyridine rings is 1. The number of fused-ring (bicyclic) bond motifs is 1. The van der Waals surface area contributed by atoms with Crippen LogP contribution in [-0.2, 0) is 13.0 Å². The third-order valence-corrected chi connectivity index (χ3v) is 3.43. The molecule has 2 aromatic rings. The summed E-state index contributed by atoms with van der Waals surface area (Å²) >= 11 is 0. The first-order valence-electron chi connectivity index (χ1n) is 6.40. The van der Waals surface area contributed by atoms with Crippen molar-refractivity contribution in [1.29, 1.82) is 0 Å². The van der Waals surface area contributed by atoms with E-state index in [1.165, 1.54) is 6.07 Å². The summed E-state index contributed by atoms with van der Waals surface area (Å²) in [5.74, 6) is 1.13. The lowest BCUT2D eigenvalue weighted by Gasteiger charge is -2.12. The molecule has 0 radical (unpaired) electrons. The van der Waals surface area contributed by atoms with Gasteiger partial charge in [0, 0.05) is 12.5 Å². The van der Waals surface area contributed by atoms with Crippen molar-refractivity contribution in [2.45, 2.75) is 13.0 Å². The van der Waals surface area contributed by atoms with Crippen LogP contribution in [0.25, 0.3) is 0 Å². The Kier molecular flexibility index (Phi) is 3.10. The number of hydrogen-bond donors (Lipinski definition) is 1. The molecule has 0 fully saturated rings. The van der Waals surface area contributed by atoms with Gasteiger partial charge in [-0.1, -0.05) is 12.1 Å². The number of benzene rings is 1. The number of hydrogen-bond acceptors (Lipinski definition) is 4. The van der Waals surface area contributed by atoms with Crippen LogP contribution < -0.4 is 15.0 Å². The maximum Gasteiger partial charge on any atom is 0.255 e. The van der Waals surface area contributed by atoms with E-state index in [4.69, 9.17) is 9.47 Å². The molecule has 1 aromatic carbocycles. The standard InChI is InChI=1S/C15H15NO4/c1-19-11-4-2-10(3-5-11)9-16-12-6-7-20-15(12)13(17)8-14(16)18/h2-5,8,17H,6-7,9H2,1H3. The molecule has 1 N–H and O–H groups in total. The molecular weight excluding hydrogens is 258 g/mol. The molecule has 0 bridgehead atoms. The summed E-state index contributed by atoms with van der Waals surface area (Å²) in [5, 5.41) is 9.72. The van der Waals surface area contributed by atoms with Gasteiger partial charge in [-0.25, -0.2) is 0 Å². The fourth-order valence-electron chi connectivity index (χ4n) is 2.41. The highest BCUT2D eigenvalue weighted by molar-refractivity contribution is 5.44. The Morgan fingerprint density at radius 1 is 1.35 bits per heavy atom. The monoisotopic (exact) mass is 273 g/mol. The topological polar surface area (TPSA) is 60.7 Å². The zero-order chi connectivity index (χ0) is 14.1. The lowest BCUT2D eigenvalue weighted by Crippen LogP contribution is -2.22. The van der Waals surface area contributed by atoms with E-state index in [2.05, 4.69) is 0 Å². The Balaban J connectivity index is 1.98. The molecule has 2 heterocycles. The molecule has 1 aromatic heterocycles. The van der Waals surface area contributed by atoms with E-state index < -0.39 is 0 Å². The summed E-state index contributed by atoms with van der Waals surface area (Å²) in [4.78, 5) is 12.0. The van der Waals surface area contributed by atoms with E-state index in [-0.39, 0.29) is 11.3 Å². The Hall–Kier alpha value is -2.43. The van der Waals surface area contributed by atoms with Crippen LogP contribution in [-0.4, -0.2) is 23.4 Å². The largest absolute Gasteiger partial charge is 0.504 e. The number of aromatic nitrogens is 1. The molecule has 104 valence electrons. The van der Waals surface area contributed by atoms with Crippen molar-refractivity contribution < 1.29 is 14.6 Å². The van der Waals surface area contributed by atoms with Gasteiger partial charge in [0.25, 0.3) is 5.56 Å². The molecule has 0 saturated carbocycles. The number of aromatic hydroxyl groups is 1. The van der Waals surface area contributed by atoms with Crippen molar-refractivity contribution in [3.8, 4) is 17.2 Å². The van der Waals surface area contributed by atoms with E-state index >= 15 is 0 Å². The van der Waals surface area contributed by atoms with Gasteiger partial charge >= 0.3 is 0 Å². The smallest absolute Gasteiger partial charge is 0.255 e. The van der Waals surface area contributed by atoms with Gasteiger partial charge in [-0.05, 0) is 17.7 Å². The van der Waals surface area contributed by atoms with Gasteiger partial charge in [0.05, 0.1) is 26.0 Å². The number of ether oxygens (including phenoxy) is 2. The maximum absolute atomic E-state index is 12.0. The van der Waals surface area contributed by atoms with Crippen LogP contribution >= 0.6 is 0 Å². The maximum atomic E-state index is 12.0. The minimum atomic E-state index is -0.220. The van der Waals surface area contributed by atoms with Crippen molar-refractivity contribution in [2.24, 2.45) is 0 Å². The molecule has 0 amide bonds. The fourth-order valence-corrected chi connectivity index (χ4v) is 2.41. The molecule has 1 aliphatic heterocycles. The van der Waals surface area contributed by atoms with Crippen LogP contribution in [0.3, 0.4) is 0 Å². The van der Waals surface area contributed by atoms with Crippen LogP contribution in [0.1, 0.15) is 11.3 Å². The quantitative estimate of drug-likeness (QED) is 0.921. The highest BCUT2D eigenvalue weighted by Gasteiger charge is 2.21. The lowest BCUT2D eigenvalue weighted by atomic mass is 10.2. The number of nitrogens with zero attached hydrogens (tertiary/aromatic N) is 1. The fraction of sp³-hybridized carbons (Fsp3) is 0.267. The van der Waals surface area contributed by atoms with Crippen LogP contribution in [0.4, 0.5) is 0 Å². The molecule has 3 rings (SSSR count). The zero-order valence-electron chi connectivity index (χ0n) is 11.1. The van der Waals surface area contributed by atoms with E-state index in [1.54, 1.807) is 11.7 Å². The average Bonchev–Trinajstić information content (AvgIpc) is 2.94. The Bertz CT molecular complexity index is 688. The predicted molar refractivity (Wildman–Crippen MR) is 73.7 cm³/mol.